The number of halogens is 1. The monoisotopic (exact) mass is 363 g/mol. The van der Waals surface area contributed by atoms with E-state index in [2.05, 4.69) is 10.6 Å². The van der Waals surface area contributed by atoms with Gasteiger partial charge in [0.05, 0.1) is 5.41 Å². The number of anilines is 1. The molecule has 1 unspecified atom stereocenters. The number of rotatable bonds is 5. The summed E-state index contributed by atoms with van der Waals surface area (Å²) in [5.41, 5.74) is -0.425. The Balaban J connectivity index is 1.47. The van der Waals surface area contributed by atoms with Crippen LogP contribution in [0.5, 0.6) is 0 Å². The standard InChI is InChI=1S/C18H22FN3O4/c19-12-2-4-13(5-3-12)20-17(26)21-14-6-9-22(11-14)15(23)10-18(16(24)25)7-1-8-18/h2-5,14H,1,6-11H2,(H,24,25)(H2,20,21,26). The molecule has 1 aromatic rings. The summed E-state index contributed by atoms with van der Waals surface area (Å²) in [6.45, 7) is 0.862. The Bertz CT molecular complexity index is 703. The van der Waals surface area contributed by atoms with Crippen LogP contribution in [0.3, 0.4) is 0 Å². The van der Waals surface area contributed by atoms with Crippen LogP contribution in [-0.2, 0) is 9.59 Å². The summed E-state index contributed by atoms with van der Waals surface area (Å²) in [7, 11) is 0. The number of carboxylic acids is 1. The Morgan fingerprint density at radius 2 is 1.92 bits per heavy atom. The number of urea groups is 1. The van der Waals surface area contributed by atoms with Gasteiger partial charge in [0, 0.05) is 31.2 Å². The molecular formula is C18H22FN3O4. The highest BCUT2D eigenvalue weighted by atomic mass is 19.1. The largest absolute Gasteiger partial charge is 0.481 e. The van der Waals surface area contributed by atoms with Gasteiger partial charge >= 0.3 is 12.0 Å². The molecule has 0 radical (unpaired) electrons. The zero-order chi connectivity index (χ0) is 18.7. The molecule has 1 saturated carbocycles. The molecule has 1 aromatic carbocycles. The molecule has 0 spiro atoms. The normalized spacial score (nSPS) is 21.0. The zero-order valence-corrected chi connectivity index (χ0v) is 14.3. The van der Waals surface area contributed by atoms with Gasteiger partial charge in [0.15, 0.2) is 0 Å². The van der Waals surface area contributed by atoms with E-state index in [1.165, 1.54) is 24.3 Å². The van der Waals surface area contributed by atoms with Crippen molar-refractivity contribution in [3.05, 3.63) is 30.1 Å². The maximum absolute atomic E-state index is 12.9. The lowest BCUT2D eigenvalue weighted by atomic mass is 9.66. The van der Waals surface area contributed by atoms with E-state index in [4.69, 9.17) is 0 Å². The molecule has 1 aliphatic carbocycles. The molecule has 3 amide bonds. The Kier molecular flexibility index (Phi) is 5.11. The average Bonchev–Trinajstić information content (AvgIpc) is 3.01. The first-order valence-corrected chi connectivity index (χ1v) is 8.72. The number of likely N-dealkylation sites (tertiary alicyclic amines) is 1. The molecule has 0 bridgehead atoms. The molecule has 1 aliphatic heterocycles. The van der Waals surface area contributed by atoms with Crippen LogP contribution in [0.2, 0.25) is 0 Å². The Hall–Kier alpha value is -2.64. The topological polar surface area (TPSA) is 98.7 Å². The van der Waals surface area contributed by atoms with Gasteiger partial charge in [0.25, 0.3) is 0 Å². The van der Waals surface area contributed by atoms with Crippen LogP contribution in [0.4, 0.5) is 14.9 Å². The summed E-state index contributed by atoms with van der Waals surface area (Å²) in [6.07, 6.45) is 2.57. The fourth-order valence-electron chi connectivity index (χ4n) is 3.46. The van der Waals surface area contributed by atoms with E-state index in [9.17, 15) is 23.9 Å². The van der Waals surface area contributed by atoms with E-state index in [1.54, 1.807) is 4.90 Å². The predicted molar refractivity (Wildman–Crippen MR) is 92.1 cm³/mol. The number of aliphatic carboxylic acids is 1. The molecule has 2 aliphatic rings. The molecule has 1 heterocycles. The van der Waals surface area contributed by atoms with Crippen molar-refractivity contribution in [3.63, 3.8) is 0 Å². The summed E-state index contributed by atoms with van der Waals surface area (Å²) >= 11 is 0. The predicted octanol–water partition coefficient (Wildman–Crippen LogP) is 2.19. The summed E-state index contributed by atoms with van der Waals surface area (Å²) in [5.74, 6) is -1.45. The Morgan fingerprint density at radius 1 is 1.23 bits per heavy atom. The molecule has 3 rings (SSSR count). The number of hydrogen-bond donors (Lipinski definition) is 3. The number of carbonyl (C=O) groups excluding carboxylic acids is 2. The number of hydrogen-bond acceptors (Lipinski definition) is 3. The van der Waals surface area contributed by atoms with Gasteiger partial charge in [-0.15, -0.1) is 0 Å². The van der Waals surface area contributed by atoms with Crippen molar-refractivity contribution in [3.8, 4) is 0 Å². The van der Waals surface area contributed by atoms with Crippen molar-refractivity contribution >= 4 is 23.6 Å². The molecule has 3 N–H and O–H groups in total. The highest BCUT2D eigenvalue weighted by Gasteiger charge is 2.47. The van der Waals surface area contributed by atoms with E-state index in [1.807, 2.05) is 0 Å². The van der Waals surface area contributed by atoms with E-state index in [-0.39, 0.29) is 24.2 Å². The molecule has 140 valence electrons. The van der Waals surface area contributed by atoms with Crippen LogP contribution in [0.1, 0.15) is 32.1 Å². The van der Waals surface area contributed by atoms with Gasteiger partial charge < -0.3 is 20.6 Å². The second-order valence-electron chi connectivity index (χ2n) is 7.05. The number of carbonyl (C=O) groups is 3. The minimum atomic E-state index is -0.900. The van der Waals surface area contributed by atoms with E-state index in [0.717, 1.165) is 6.42 Å². The van der Waals surface area contributed by atoms with Crippen molar-refractivity contribution in [1.82, 2.24) is 10.2 Å². The maximum atomic E-state index is 12.9. The molecule has 7 nitrogen and oxygen atoms in total. The molecule has 8 heteroatoms. The number of carboxylic acid groups (broad SMARTS) is 1. The third-order valence-electron chi connectivity index (χ3n) is 5.23. The minimum absolute atomic E-state index is 0.0246. The second-order valence-corrected chi connectivity index (χ2v) is 7.05. The number of nitrogens with zero attached hydrogens (tertiary/aromatic N) is 1. The van der Waals surface area contributed by atoms with Gasteiger partial charge in [-0.05, 0) is 43.5 Å². The van der Waals surface area contributed by atoms with Crippen molar-refractivity contribution in [2.24, 2.45) is 5.41 Å². The fourth-order valence-corrected chi connectivity index (χ4v) is 3.46. The van der Waals surface area contributed by atoms with Crippen molar-refractivity contribution < 1.29 is 23.9 Å². The molecule has 0 aromatic heterocycles. The van der Waals surface area contributed by atoms with E-state index >= 15 is 0 Å². The second kappa shape index (κ2) is 7.31. The number of nitrogens with one attached hydrogen (secondary N) is 2. The lowest BCUT2D eigenvalue weighted by molar-refractivity contribution is -0.159. The molecule has 1 saturated heterocycles. The summed E-state index contributed by atoms with van der Waals surface area (Å²) in [4.78, 5) is 37.4. The highest BCUT2D eigenvalue weighted by Crippen LogP contribution is 2.44. The van der Waals surface area contributed by atoms with Crippen LogP contribution in [0.25, 0.3) is 0 Å². The Morgan fingerprint density at radius 3 is 2.50 bits per heavy atom. The van der Waals surface area contributed by atoms with Gasteiger partial charge in [-0.25, -0.2) is 9.18 Å². The van der Waals surface area contributed by atoms with Gasteiger partial charge in [0.1, 0.15) is 5.82 Å². The first kappa shape index (κ1) is 18.2. The van der Waals surface area contributed by atoms with Gasteiger partial charge in [-0.2, -0.15) is 0 Å². The van der Waals surface area contributed by atoms with Crippen molar-refractivity contribution in [1.29, 1.82) is 0 Å². The first-order valence-electron chi connectivity index (χ1n) is 8.72. The van der Waals surface area contributed by atoms with Crippen LogP contribution in [-0.4, -0.2) is 47.0 Å². The third kappa shape index (κ3) is 3.95. The van der Waals surface area contributed by atoms with E-state index in [0.29, 0.717) is 38.0 Å². The average molecular weight is 363 g/mol. The lowest BCUT2D eigenvalue weighted by Crippen LogP contribution is -2.44. The lowest BCUT2D eigenvalue weighted by Gasteiger charge is -2.38. The molecule has 26 heavy (non-hydrogen) atoms. The van der Waals surface area contributed by atoms with Crippen molar-refractivity contribution in [2.75, 3.05) is 18.4 Å². The zero-order valence-electron chi connectivity index (χ0n) is 14.3. The third-order valence-corrected chi connectivity index (χ3v) is 5.23. The molecule has 2 fully saturated rings. The summed E-state index contributed by atoms with van der Waals surface area (Å²) in [5, 5.41) is 14.7. The van der Waals surface area contributed by atoms with Gasteiger partial charge in [-0.3, -0.25) is 9.59 Å². The smallest absolute Gasteiger partial charge is 0.319 e. The van der Waals surface area contributed by atoms with Crippen LogP contribution < -0.4 is 10.6 Å². The number of benzene rings is 1. The van der Waals surface area contributed by atoms with Crippen LogP contribution in [0, 0.1) is 11.2 Å². The van der Waals surface area contributed by atoms with Crippen LogP contribution in [0.15, 0.2) is 24.3 Å². The minimum Gasteiger partial charge on any atom is -0.481 e. The van der Waals surface area contributed by atoms with Crippen molar-refractivity contribution in [2.45, 2.75) is 38.1 Å². The fraction of sp³-hybridized carbons (Fsp3) is 0.500. The van der Waals surface area contributed by atoms with Gasteiger partial charge in [0.2, 0.25) is 5.91 Å². The molecular weight excluding hydrogens is 341 g/mol. The number of amides is 3. The molecule has 1 atom stereocenters. The maximum Gasteiger partial charge on any atom is 0.319 e. The quantitative estimate of drug-likeness (QED) is 0.747. The first-order chi connectivity index (χ1) is 12.4. The Labute approximate surface area is 150 Å². The highest BCUT2D eigenvalue weighted by molar-refractivity contribution is 5.89. The van der Waals surface area contributed by atoms with Gasteiger partial charge in [-0.1, -0.05) is 6.42 Å². The SMILES string of the molecule is O=C(Nc1ccc(F)cc1)NC1CCN(C(=O)CC2(C(=O)O)CCC2)C1. The summed E-state index contributed by atoms with van der Waals surface area (Å²) < 4.78 is 12.9. The summed E-state index contributed by atoms with van der Waals surface area (Å²) in [6, 6.07) is 4.82. The van der Waals surface area contributed by atoms with Crippen LogP contribution >= 0.6 is 0 Å². The van der Waals surface area contributed by atoms with E-state index < -0.39 is 17.4 Å².